The topological polar surface area (TPSA) is 129 Å². The Morgan fingerprint density at radius 2 is 1.86 bits per heavy atom. The number of carbonyl (C=O) groups excluding carboxylic acids is 1. The number of benzene rings is 2. The van der Waals surface area contributed by atoms with Crippen molar-refractivity contribution in [2.24, 2.45) is 9.98 Å². The molecular formula is C26H30N9O2+. The molecule has 0 aliphatic carbocycles. The van der Waals surface area contributed by atoms with Gasteiger partial charge in [-0.1, -0.05) is 24.3 Å². The van der Waals surface area contributed by atoms with Gasteiger partial charge in [-0.2, -0.15) is 0 Å². The molecule has 1 amide bonds. The minimum Gasteiger partial charge on any atom is -0.374 e. The SMILES string of the molecule is C#[N+]C=CC(=NC)C(=O)N1CCN(C(O)c2ccc(Nc3nc4ccccc4n(N)c3=NC)cc2)CC1. The predicted molar refractivity (Wildman–Crippen MR) is 145 cm³/mol. The first-order valence-electron chi connectivity index (χ1n) is 11.8. The molecule has 1 aliphatic rings. The Balaban J connectivity index is 1.42. The Morgan fingerprint density at radius 3 is 2.51 bits per heavy atom. The zero-order valence-corrected chi connectivity index (χ0v) is 20.8. The average Bonchev–Trinajstić information content (AvgIpc) is 2.94. The number of fused-ring (bicyclic) bond motifs is 1. The van der Waals surface area contributed by atoms with E-state index >= 15 is 0 Å². The maximum absolute atomic E-state index is 12.7. The summed E-state index contributed by atoms with van der Waals surface area (Å²) in [5.41, 5.74) is 3.84. The van der Waals surface area contributed by atoms with Crippen LogP contribution in [0.2, 0.25) is 0 Å². The summed E-state index contributed by atoms with van der Waals surface area (Å²) in [5.74, 6) is 6.61. The summed E-state index contributed by atoms with van der Waals surface area (Å²) in [6, 6.07) is 15.0. The van der Waals surface area contributed by atoms with Crippen LogP contribution in [-0.2, 0) is 4.79 Å². The number of para-hydroxylation sites is 2. The second-order valence-electron chi connectivity index (χ2n) is 8.39. The van der Waals surface area contributed by atoms with E-state index < -0.39 is 6.23 Å². The third-order valence-corrected chi connectivity index (χ3v) is 6.22. The van der Waals surface area contributed by atoms with Gasteiger partial charge in [0.25, 0.3) is 12.5 Å². The highest BCUT2D eigenvalue weighted by Crippen LogP contribution is 2.23. The molecule has 11 nitrogen and oxygen atoms in total. The van der Waals surface area contributed by atoms with Gasteiger partial charge in [0.1, 0.15) is 11.9 Å². The number of hydrogen-bond acceptors (Lipinski definition) is 8. The molecule has 4 rings (SSSR count). The van der Waals surface area contributed by atoms with Crippen LogP contribution in [0.4, 0.5) is 11.5 Å². The van der Waals surface area contributed by atoms with Crippen LogP contribution in [0.1, 0.15) is 11.8 Å². The minimum atomic E-state index is -0.798. The minimum absolute atomic E-state index is 0.189. The van der Waals surface area contributed by atoms with Gasteiger partial charge in [0.05, 0.1) is 17.1 Å². The molecule has 1 aliphatic heterocycles. The Morgan fingerprint density at radius 1 is 1.16 bits per heavy atom. The summed E-state index contributed by atoms with van der Waals surface area (Å²) >= 11 is 0. The monoisotopic (exact) mass is 500 g/mol. The maximum Gasteiger partial charge on any atom is 0.307 e. The largest absolute Gasteiger partial charge is 0.374 e. The Kier molecular flexibility index (Phi) is 7.92. The second-order valence-corrected chi connectivity index (χ2v) is 8.39. The number of aliphatic hydroxyl groups is 1. The van der Waals surface area contributed by atoms with Crippen molar-refractivity contribution in [3.63, 3.8) is 0 Å². The van der Waals surface area contributed by atoms with Crippen LogP contribution in [0.25, 0.3) is 15.9 Å². The van der Waals surface area contributed by atoms with Crippen LogP contribution < -0.4 is 16.6 Å². The summed E-state index contributed by atoms with van der Waals surface area (Å²) in [7, 11) is 3.21. The molecule has 1 saturated heterocycles. The van der Waals surface area contributed by atoms with Gasteiger partial charge >= 0.3 is 6.20 Å². The average molecular weight is 501 g/mol. The molecule has 4 N–H and O–H groups in total. The number of nitrogens with one attached hydrogen (secondary N) is 1. The van der Waals surface area contributed by atoms with E-state index in [1.165, 1.54) is 17.0 Å². The van der Waals surface area contributed by atoms with Crippen LogP contribution in [0.3, 0.4) is 0 Å². The number of rotatable bonds is 6. The van der Waals surface area contributed by atoms with Crippen molar-refractivity contribution in [1.82, 2.24) is 19.5 Å². The number of aromatic nitrogens is 2. The first-order chi connectivity index (χ1) is 18.0. The number of anilines is 2. The number of aliphatic hydroxyl groups excluding tert-OH is 1. The van der Waals surface area contributed by atoms with Crippen molar-refractivity contribution in [1.29, 1.82) is 0 Å². The highest BCUT2D eigenvalue weighted by atomic mass is 16.3. The number of aliphatic imine (C=N–C) groups is 1. The van der Waals surface area contributed by atoms with Crippen LogP contribution in [-0.4, -0.2) is 76.5 Å². The number of carbonyl (C=O) groups is 1. The highest BCUT2D eigenvalue weighted by molar-refractivity contribution is 6.43. The summed E-state index contributed by atoms with van der Waals surface area (Å²) in [4.78, 5) is 32.6. The fourth-order valence-electron chi connectivity index (χ4n) is 4.23. The van der Waals surface area contributed by atoms with E-state index in [9.17, 15) is 9.90 Å². The van der Waals surface area contributed by atoms with Gasteiger partial charge in [0, 0.05) is 46.0 Å². The van der Waals surface area contributed by atoms with Crippen molar-refractivity contribution < 1.29 is 9.90 Å². The van der Waals surface area contributed by atoms with Gasteiger partial charge in [-0.25, -0.2) is 9.66 Å². The number of hydrogen-bond donors (Lipinski definition) is 3. The summed E-state index contributed by atoms with van der Waals surface area (Å²) in [6.45, 7) is 7.09. The molecule has 3 aromatic rings. The van der Waals surface area contributed by atoms with E-state index in [0.717, 1.165) is 22.3 Å². The molecular weight excluding hydrogens is 470 g/mol. The van der Waals surface area contributed by atoms with Crippen LogP contribution >= 0.6 is 0 Å². The first-order valence-corrected chi connectivity index (χ1v) is 11.8. The van der Waals surface area contributed by atoms with Gasteiger partial charge in [-0.15, -0.1) is 0 Å². The molecule has 0 spiro atoms. The fourth-order valence-corrected chi connectivity index (χ4v) is 4.23. The second kappa shape index (κ2) is 11.5. The molecule has 1 fully saturated rings. The van der Waals surface area contributed by atoms with E-state index in [-0.39, 0.29) is 11.6 Å². The van der Waals surface area contributed by atoms with E-state index in [0.29, 0.717) is 37.5 Å². The highest BCUT2D eigenvalue weighted by Gasteiger charge is 2.27. The Labute approximate surface area is 214 Å². The number of nitrogen functional groups attached to an aromatic ring is 1. The molecule has 0 bridgehead atoms. The van der Waals surface area contributed by atoms with Crippen LogP contribution in [0, 0.1) is 6.57 Å². The number of nitrogens with two attached hydrogens (primary N) is 1. The molecule has 2 aromatic carbocycles. The van der Waals surface area contributed by atoms with Crippen molar-refractivity contribution in [3.8, 4) is 6.57 Å². The normalized spacial score (nSPS) is 16.2. The van der Waals surface area contributed by atoms with E-state index in [4.69, 9.17) is 12.4 Å². The zero-order chi connectivity index (χ0) is 26.4. The third-order valence-electron chi connectivity index (χ3n) is 6.22. The Hall–Kier alpha value is -4.53. The van der Waals surface area contributed by atoms with Gasteiger partial charge in [0.2, 0.25) is 0 Å². The van der Waals surface area contributed by atoms with E-state index in [2.05, 4.69) is 25.1 Å². The standard InChI is InChI=1S/C26H30N9O2/c1-28-13-12-21(29-2)26(37)34-16-14-33(15-17-34)25(36)18-8-10-19(11-9-18)31-23-24(30-3)35(27)22-7-5-4-6-20(22)32-23/h1,4-13,25,36H,14-17,27H2,2-3H3,(H,31,32)/q+1. The van der Waals surface area contributed by atoms with Gasteiger partial charge in [0.15, 0.2) is 11.3 Å². The molecule has 190 valence electrons. The van der Waals surface area contributed by atoms with Crippen molar-refractivity contribution in [3.05, 3.63) is 76.7 Å². The Bertz CT molecular complexity index is 1440. The molecule has 1 unspecified atom stereocenters. The maximum atomic E-state index is 12.7. The lowest BCUT2D eigenvalue weighted by molar-refractivity contribution is -0.127. The number of nitrogens with zero attached hydrogens (tertiary/aromatic N) is 7. The summed E-state index contributed by atoms with van der Waals surface area (Å²) < 4.78 is 1.51. The van der Waals surface area contributed by atoms with Gasteiger partial charge < -0.3 is 21.2 Å². The van der Waals surface area contributed by atoms with Crippen molar-refractivity contribution in [2.45, 2.75) is 6.23 Å². The van der Waals surface area contributed by atoms with E-state index in [1.807, 2.05) is 53.4 Å². The molecule has 0 saturated carbocycles. The lowest BCUT2D eigenvalue weighted by atomic mass is 10.1. The van der Waals surface area contributed by atoms with Crippen molar-refractivity contribution in [2.75, 3.05) is 51.4 Å². The summed E-state index contributed by atoms with van der Waals surface area (Å²) in [6.07, 6.45) is 2.02. The zero-order valence-electron chi connectivity index (χ0n) is 20.8. The van der Waals surface area contributed by atoms with Crippen LogP contribution in [0.15, 0.2) is 70.8 Å². The first kappa shape index (κ1) is 25.6. The molecule has 2 heterocycles. The predicted octanol–water partition coefficient (Wildman–Crippen LogP) is 1.71. The lowest BCUT2D eigenvalue weighted by Gasteiger charge is -2.37. The quantitative estimate of drug-likeness (QED) is 0.349. The molecule has 37 heavy (non-hydrogen) atoms. The smallest absolute Gasteiger partial charge is 0.307 e. The third kappa shape index (κ3) is 5.50. The lowest BCUT2D eigenvalue weighted by Crippen LogP contribution is -2.51. The molecule has 0 radical (unpaired) electrons. The number of amides is 1. The molecule has 11 heteroatoms. The van der Waals surface area contributed by atoms with E-state index in [1.54, 1.807) is 19.0 Å². The molecule has 1 atom stereocenters. The summed E-state index contributed by atoms with van der Waals surface area (Å²) in [5, 5.41) is 14.2. The van der Waals surface area contributed by atoms with Crippen LogP contribution in [0.5, 0.6) is 0 Å². The fraction of sp³-hybridized carbons (Fsp3) is 0.269. The molecule has 1 aromatic heterocycles. The van der Waals surface area contributed by atoms with Gasteiger partial charge in [-0.3, -0.25) is 19.7 Å². The van der Waals surface area contributed by atoms with Gasteiger partial charge in [-0.05, 0) is 34.7 Å². The number of piperazine rings is 1. The van der Waals surface area contributed by atoms with Crippen molar-refractivity contribution >= 4 is 34.2 Å².